The van der Waals surface area contributed by atoms with Gasteiger partial charge in [0.05, 0.1) is 5.71 Å². The predicted octanol–water partition coefficient (Wildman–Crippen LogP) is 3.18. The minimum absolute atomic E-state index is 0.189. The number of hydrogen-bond donors (Lipinski definition) is 2. The molecule has 92 valence electrons. The lowest BCUT2D eigenvalue weighted by atomic mass is 10.1. The smallest absolute Gasteiger partial charge is 0.184 e. The second-order valence-corrected chi connectivity index (χ2v) is 5.00. The van der Waals surface area contributed by atoms with Gasteiger partial charge in [-0.15, -0.1) is 0 Å². The number of hydrazone groups is 1. The van der Waals surface area contributed by atoms with Crippen LogP contribution in [0.4, 0.5) is 0 Å². The summed E-state index contributed by atoms with van der Waals surface area (Å²) in [6.07, 6.45) is 3.12. The Kier molecular flexibility index (Phi) is 6.15. The zero-order valence-corrected chi connectivity index (χ0v) is 12.1. The van der Waals surface area contributed by atoms with E-state index in [1.54, 1.807) is 0 Å². The van der Waals surface area contributed by atoms with Gasteiger partial charge in [0.2, 0.25) is 0 Å². The first-order valence-electron chi connectivity index (χ1n) is 5.51. The highest BCUT2D eigenvalue weighted by Gasteiger charge is 2.04. The fraction of sp³-hybridized carbons (Fsp3) is 0.333. The maximum Gasteiger partial charge on any atom is 0.184 e. The Hall–Kier alpha value is -0.940. The van der Waals surface area contributed by atoms with Crippen LogP contribution < -0.4 is 11.2 Å². The second kappa shape index (κ2) is 7.40. The molecule has 0 atom stereocenters. The van der Waals surface area contributed by atoms with Crippen LogP contribution in [-0.4, -0.2) is 10.8 Å². The van der Waals surface area contributed by atoms with E-state index in [-0.39, 0.29) is 5.11 Å². The van der Waals surface area contributed by atoms with Crippen LogP contribution in [0.15, 0.2) is 33.8 Å². The van der Waals surface area contributed by atoms with Gasteiger partial charge in [-0.2, -0.15) is 5.10 Å². The molecule has 0 unspecified atom stereocenters. The molecule has 0 fully saturated rings. The molecular weight excluding hydrogens is 298 g/mol. The molecule has 0 saturated heterocycles. The highest BCUT2D eigenvalue weighted by molar-refractivity contribution is 9.10. The number of hydrogen-bond acceptors (Lipinski definition) is 2. The highest BCUT2D eigenvalue weighted by atomic mass is 79.9. The average Bonchev–Trinajstić information content (AvgIpc) is 2.29. The van der Waals surface area contributed by atoms with Gasteiger partial charge in [-0.3, -0.25) is 5.43 Å². The molecular formula is C12H16BrN3S. The standard InChI is InChI=1S/C12H16BrN3S/c1-2-3-7-11(15-16-12(14)17)9-5-4-6-10(13)8-9/h4-6,8H,2-3,7H2,1H3,(H3,14,16,17)/b15-11+. The zero-order chi connectivity index (χ0) is 12.7. The van der Waals surface area contributed by atoms with E-state index in [4.69, 9.17) is 18.0 Å². The number of halogens is 1. The molecule has 1 rings (SSSR count). The molecule has 1 aromatic carbocycles. The fourth-order valence-corrected chi connectivity index (χ4v) is 1.84. The van der Waals surface area contributed by atoms with Crippen molar-refractivity contribution in [2.75, 3.05) is 0 Å². The molecule has 3 nitrogen and oxygen atoms in total. The first kappa shape index (κ1) is 14.1. The van der Waals surface area contributed by atoms with Crippen molar-refractivity contribution in [1.82, 2.24) is 5.43 Å². The highest BCUT2D eigenvalue weighted by Crippen LogP contribution is 2.14. The van der Waals surface area contributed by atoms with Crippen LogP contribution in [0.2, 0.25) is 0 Å². The van der Waals surface area contributed by atoms with E-state index in [2.05, 4.69) is 33.4 Å². The Morgan fingerprint density at radius 2 is 2.29 bits per heavy atom. The largest absolute Gasteiger partial charge is 0.375 e. The van der Waals surface area contributed by atoms with Crippen LogP contribution in [0.5, 0.6) is 0 Å². The Morgan fingerprint density at radius 1 is 1.53 bits per heavy atom. The van der Waals surface area contributed by atoms with E-state index in [0.29, 0.717) is 0 Å². The van der Waals surface area contributed by atoms with Crippen molar-refractivity contribution in [3.05, 3.63) is 34.3 Å². The summed E-state index contributed by atoms with van der Waals surface area (Å²) in [6, 6.07) is 8.04. The van der Waals surface area contributed by atoms with Gasteiger partial charge in [-0.05, 0) is 42.8 Å². The van der Waals surface area contributed by atoms with Crippen molar-refractivity contribution in [2.45, 2.75) is 26.2 Å². The summed E-state index contributed by atoms with van der Waals surface area (Å²) < 4.78 is 1.04. The maximum absolute atomic E-state index is 5.38. The summed E-state index contributed by atoms with van der Waals surface area (Å²) in [5.74, 6) is 0. The summed E-state index contributed by atoms with van der Waals surface area (Å²) in [7, 11) is 0. The van der Waals surface area contributed by atoms with Gasteiger partial charge < -0.3 is 5.73 Å². The van der Waals surface area contributed by atoms with E-state index in [0.717, 1.165) is 35.0 Å². The molecule has 0 aliphatic rings. The molecule has 0 spiro atoms. The van der Waals surface area contributed by atoms with Crippen LogP contribution in [0, 0.1) is 0 Å². The number of nitrogens with one attached hydrogen (secondary N) is 1. The molecule has 0 bridgehead atoms. The Morgan fingerprint density at radius 3 is 2.88 bits per heavy atom. The van der Waals surface area contributed by atoms with Crippen molar-refractivity contribution < 1.29 is 0 Å². The number of unbranched alkanes of at least 4 members (excludes halogenated alkanes) is 1. The Bertz CT molecular complexity index is 418. The molecule has 0 aromatic heterocycles. The van der Waals surface area contributed by atoms with E-state index in [1.807, 2.05) is 24.3 Å². The third kappa shape index (κ3) is 5.28. The lowest BCUT2D eigenvalue weighted by Gasteiger charge is -2.07. The normalized spacial score (nSPS) is 11.3. The number of nitrogens with two attached hydrogens (primary N) is 1. The predicted molar refractivity (Wildman–Crippen MR) is 80.1 cm³/mol. The van der Waals surface area contributed by atoms with Gasteiger partial charge in [0.1, 0.15) is 0 Å². The molecule has 17 heavy (non-hydrogen) atoms. The minimum atomic E-state index is 0.189. The SMILES string of the molecule is CCCC/C(=N\NC(N)=S)c1cccc(Br)c1. The third-order valence-corrected chi connectivity index (χ3v) is 2.81. The van der Waals surface area contributed by atoms with E-state index in [1.165, 1.54) is 0 Å². The van der Waals surface area contributed by atoms with Gasteiger partial charge in [0.15, 0.2) is 5.11 Å². The molecule has 1 aromatic rings. The monoisotopic (exact) mass is 313 g/mol. The number of thiocarbonyl (C=S) groups is 1. The van der Waals surface area contributed by atoms with Crippen molar-refractivity contribution >= 4 is 39.0 Å². The first-order chi connectivity index (χ1) is 8.13. The van der Waals surface area contributed by atoms with E-state index in [9.17, 15) is 0 Å². The summed E-state index contributed by atoms with van der Waals surface area (Å²) in [5, 5.41) is 4.44. The van der Waals surface area contributed by atoms with Gasteiger partial charge in [-0.25, -0.2) is 0 Å². The molecule has 0 radical (unpaired) electrons. The summed E-state index contributed by atoms with van der Waals surface area (Å²) >= 11 is 8.21. The van der Waals surface area contributed by atoms with Crippen LogP contribution in [0.25, 0.3) is 0 Å². The fourth-order valence-electron chi connectivity index (χ4n) is 1.40. The lowest BCUT2D eigenvalue weighted by molar-refractivity contribution is 0.828. The molecule has 0 aliphatic carbocycles. The number of rotatable bonds is 5. The van der Waals surface area contributed by atoms with Crippen LogP contribution in [0.3, 0.4) is 0 Å². The molecule has 0 heterocycles. The minimum Gasteiger partial charge on any atom is -0.375 e. The number of nitrogens with zero attached hydrogens (tertiary/aromatic N) is 1. The van der Waals surface area contributed by atoms with Crippen molar-refractivity contribution in [2.24, 2.45) is 10.8 Å². The van der Waals surface area contributed by atoms with Gasteiger partial charge in [0.25, 0.3) is 0 Å². The number of benzene rings is 1. The summed E-state index contributed by atoms with van der Waals surface area (Å²) in [4.78, 5) is 0. The van der Waals surface area contributed by atoms with Crippen LogP contribution in [-0.2, 0) is 0 Å². The van der Waals surface area contributed by atoms with Crippen molar-refractivity contribution in [1.29, 1.82) is 0 Å². The van der Waals surface area contributed by atoms with Gasteiger partial charge >= 0.3 is 0 Å². The Balaban J connectivity index is 2.88. The molecule has 0 saturated carbocycles. The molecule has 3 N–H and O–H groups in total. The van der Waals surface area contributed by atoms with Crippen LogP contribution in [0.1, 0.15) is 31.7 Å². The van der Waals surface area contributed by atoms with Crippen molar-refractivity contribution in [3.63, 3.8) is 0 Å². The van der Waals surface area contributed by atoms with E-state index < -0.39 is 0 Å². The lowest BCUT2D eigenvalue weighted by Crippen LogP contribution is -2.25. The molecule has 0 amide bonds. The quantitative estimate of drug-likeness (QED) is 0.498. The summed E-state index contributed by atoms with van der Waals surface area (Å²) in [5.41, 5.74) is 10.1. The van der Waals surface area contributed by atoms with Gasteiger partial charge in [0, 0.05) is 4.47 Å². The van der Waals surface area contributed by atoms with E-state index >= 15 is 0 Å². The first-order valence-corrected chi connectivity index (χ1v) is 6.71. The second-order valence-electron chi connectivity index (χ2n) is 3.65. The molecule has 5 heteroatoms. The Labute approximate surface area is 116 Å². The average molecular weight is 314 g/mol. The summed E-state index contributed by atoms with van der Waals surface area (Å²) in [6.45, 7) is 2.15. The third-order valence-electron chi connectivity index (χ3n) is 2.23. The zero-order valence-electron chi connectivity index (χ0n) is 9.74. The van der Waals surface area contributed by atoms with Crippen molar-refractivity contribution in [3.8, 4) is 0 Å². The maximum atomic E-state index is 5.38. The molecule has 0 aliphatic heterocycles. The topological polar surface area (TPSA) is 50.4 Å². The van der Waals surface area contributed by atoms with Gasteiger partial charge in [-0.1, -0.05) is 41.4 Å². The van der Waals surface area contributed by atoms with Crippen LogP contribution >= 0.6 is 28.1 Å².